The Labute approximate surface area is 151 Å². The van der Waals surface area contributed by atoms with Gasteiger partial charge in [-0.1, -0.05) is 25.7 Å². The van der Waals surface area contributed by atoms with E-state index in [-0.39, 0.29) is 17.5 Å². The summed E-state index contributed by atoms with van der Waals surface area (Å²) in [6.07, 6.45) is 8.35. The molecule has 0 saturated heterocycles. The first-order valence-electron chi connectivity index (χ1n) is 9.34. The lowest BCUT2D eigenvalue weighted by Crippen LogP contribution is -2.42. The maximum atomic E-state index is 12.9. The molecule has 1 saturated carbocycles. The molecule has 1 aliphatic carbocycles. The van der Waals surface area contributed by atoms with E-state index in [2.05, 4.69) is 10.4 Å². The largest absolute Gasteiger partial charge is 0.463 e. The summed E-state index contributed by atoms with van der Waals surface area (Å²) in [6.45, 7) is 3.55. The second-order valence-electron chi connectivity index (χ2n) is 7.21. The van der Waals surface area contributed by atoms with Crippen molar-refractivity contribution >= 4 is 22.5 Å². The molecule has 0 unspecified atom stereocenters. The summed E-state index contributed by atoms with van der Waals surface area (Å²) in [5.41, 5.74) is 1.64. The van der Waals surface area contributed by atoms with Crippen LogP contribution < -0.4 is 10.9 Å². The van der Waals surface area contributed by atoms with Crippen molar-refractivity contribution in [2.24, 2.45) is 0 Å². The normalized spacial score (nSPS) is 17.5. The highest BCUT2D eigenvalue weighted by Gasteiger charge is 2.24. The van der Waals surface area contributed by atoms with Crippen LogP contribution in [0.1, 0.15) is 57.3 Å². The molecule has 0 bridgehead atoms. The summed E-state index contributed by atoms with van der Waals surface area (Å²) < 4.78 is 8.46. The smallest absolute Gasteiger partial charge is 0.291 e. The Morgan fingerprint density at radius 1 is 1.27 bits per heavy atom. The molecule has 0 radical (unpaired) electrons. The Kier molecular flexibility index (Phi) is 4.30. The second-order valence-corrected chi connectivity index (χ2v) is 7.21. The third-order valence-electron chi connectivity index (χ3n) is 5.37. The van der Waals surface area contributed by atoms with Gasteiger partial charge in [0.2, 0.25) is 5.91 Å². The molecule has 138 valence electrons. The van der Waals surface area contributed by atoms with Gasteiger partial charge < -0.3 is 9.73 Å². The molecule has 7 nitrogen and oxygen atoms in total. The second kappa shape index (κ2) is 6.63. The van der Waals surface area contributed by atoms with Crippen molar-refractivity contribution in [2.45, 2.75) is 64.5 Å². The fraction of sp³-hybridized carbons (Fsp3) is 0.526. The van der Waals surface area contributed by atoms with Gasteiger partial charge in [-0.25, -0.2) is 4.68 Å². The quantitative estimate of drug-likeness (QED) is 0.732. The highest BCUT2D eigenvalue weighted by Crippen LogP contribution is 2.21. The number of hydrogen-bond donors (Lipinski definition) is 1. The lowest BCUT2D eigenvalue weighted by atomic mass is 10.1. The first kappa shape index (κ1) is 16.9. The zero-order valence-electron chi connectivity index (χ0n) is 15.2. The van der Waals surface area contributed by atoms with E-state index >= 15 is 0 Å². The summed E-state index contributed by atoms with van der Waals surface area (Å²) in [7, 11) is 0. The van der Waals surface area contributed by atoms with Gasteiger partial charge in [0.05, 0.1) is 11.8 Å². The van der Waals surface area contributed by atoms with Crippen LogP contribution in [0.15, 0.2) is 27.6 Å². The molecular weight excluding hydrogens is 332 g/mol. The van der Waals surface area contributed by atoms with Gasteiger partial charge in [0.1, 0.15) is 17.4 Å². The van der Waals surface area contributed by atoms with E-state index in [1.165, 1.54) is 17.5 Å². The molecule has 1 N–H and O–H groups in total. The monoisotopic (exact) mass is 356 g/mol. The molecule has 3 aromatic rings. The van der Waals surface area contributed by atoms with Crippen molar-refractivity contribution in [3.63, 3.8) is 0 Å². The first-order chi connectivity index (χ1) is 12.6. The van der Waals surface area contributed by atoms with Crippen LogP contribution >= 0.6 is 0 Å². The highest BCUT2D eigenvalue weighted by molar-refractivity contribution is 5.83. The van der Waals surface area contributed by atoms with Crippen molar-refractivity contribution in [1.29, 1.82) is 0 Å². The van der Waals surface area contributed by atoms with Crippen LogP contribution in [-0.2, 0) is 4.79 Å². The average Bonchev–Trinajstić information content (AvgIpc) is 3.12. The number of aromatic nitrogens is 3. The molecule has 0 aromatic carbocycles. The number of aryl methyl sites for hydroxylation is 1. The predicted molar refractivity (Wildman–Crippen MR) is 98.3 cm³/mol. The zero-order chi connectivity index (χ0) is 18.3. The van der Waals surface area contributed by atoms with E-state index in [1.807, 2.05) is 13.0 Å². The molecule has 1 amide bonds. The number of amides is 1. The third-order valence-corrected chi connectivity index (χ3v) is 5.37. The van der Waals surface area contributed by atoms with Crippen molar-refractivity contribution in [1.82, 2.24) is 19.5 Å². The van der Waals surface area contributed by atoms with Gasteiger partial charge in [0, 0.05) is 18.2 Å². The van der Waals surface area contributed by atoms with E-state index in [4.69, 9.17) is 4.42 Å². The minimum Gasteiger partial charge on any atom is -0.463 e. The van der Waals surface area contributed by atoms with Crippen molar-refractivity contribution in [3.05, 3.63) is 34.6 Å². The molecule has 1 aliphatic rings. The van der Waals surface area contributed by atoms with E-state index in [0.29, 0.717) is 16.9 Å². The third kappa shape index (κ3) is 2.81. The number of fused-ring (bicyclic) bond motifs is 3. The molecular formula is C19H24N4O3. The van der Waals surface area contributed by atoms with Gasteiger partial charge >= 0.3 is 0 Å². The standard InChI is InChI=1S/C19H24N4O3/c1-12(18(24)20-14-7-5-3-4-6-8-14)23-19(25)16-11-17-15(9-10-26-17)22(16)13(2)21-23/h9-12,14H,3-8H2,1-2H3,(H,20,24)/t12-/m0/s1. The average molecular weight is 356 g/mol. The maximum Gasteiger partial charge on any atom is 0.291 e. The summed E-state index contributed by atoms with van der Waals surface area (Å²) in [4.78, 5) is 25.6. The SMILES string of the molecule is Cc1nn([C@@H](C)C(=O)NC2CCCCCC2)c(=O)c2cc3occc3n12. The first-order valence-corrected chi connectivity index (χ1v) is 9.34. The van der Waals surface area contributed by atoms with E-state index in [1.54, 1.807) is 23.7 Å². The lowest BCUT2D eigenvalue weighted by molar-refractivity contribution is -0.125. The Morgan fingerprint density at radius 2 is 2.00 bits per heavy atom. The van der Waals surface area contributed by atoms with Gasteiger partial charge in [-0.15, -0.1) is 0 Å². The van der Waals surface area contributed by atoms with Gasteiger partial charge in [-0.2, -0.15) is 5.10 Å². The molecule has 1 fully saturated rings. The number of carbonyl (C=O) groups excluding carboxylic acids is 1. The topological polar surface area (TPSA) is 81.5 Å². The van der Waals surface area contributed by atoms with Crippen LogP contribution in [0.4, 0.5) is 0 Å². The van der Waals surface area contributed by atoms with E-state index < -0.39 is 6.04 Å². The van der Waals surface area contributed by atoms with Gasteiger partial charge in [-0.3, -0.25) is 14.0 Å². The minimum atomic E-state index is -0.657. The van der Waals surface area contributed by atoms with Crippen molar-refractivity contribution in [2.75, 3.05) is 0 Å². The van der Waals surface area contributed by atoms with E-state index in [0.717, 1.165) is 31.2 Å². The van der Waals surface area contributed by atoms with Crippen molar-refractivity contribution < 1.29 is 9.21 Å². The highest BCUT2D eigenvalue weighted by atomic mass is 16.3. The van der Waals surface area contributed by atoms with Crippen LogP contribution in [0.3, 0.4) is 0 Å². The number of nitrogens with one attached hydrogen (secondary N) is 1. The van der Waals surface area contributed by atoms with Crippen LogP contribution in [0.5, 0.6) is 0 Å². The molecule has 0 aliphatic heterocycles. The lowest BCUT2D eigenvalue weighted by Gasteiger charge is -2.20. The van der Waals surface area contributed by atoms with Gasteiger partial charge in [-0.05, 0) is 26.7 Å². The fourth-order valence-electron chi connectivity index (χ4n) is 3.91. The summed E-state index contributed by atoms with van der Waals surface area (Å²) >= 11 is 0. The fourth-order valence-corrected chi connectivity index (χ4v) is 3.91. The van der Waals surface area contributed by atoms with E-state index in [9.17, 15) is 9.59 Å². The molecule has 3 heterocycles. The van der Waals surface area contributed by atoms with Gasteiger partial charge in [0.15, 0.2) is 5.58 Å². The maximum absolute atomic E-state index is 12.9. The molecule has 26 heavy (non-hydrogen) atoms. The molecule has 3 aromatic heterocycles. The zero-order valence-corrected chi connectivity index (χ0v) is 15.2. The molecule has 4 rings (SSSR count). The summed E-state index contributed by atoms with van der Waals surface area (Å²) in [5, 5.41) is 7.51. The van der Waals surface area contributed by atoms with Crippen LogP contribution in [0, 0.1) is 6.92 Å². The molecule has 0 spiro atoms. The Bertz CT molecular complexity index is 1010. The number of furan rings is 1. The number of rotatable bonds is 3. The summed E-state index contributed by atoms with van der Waals surface area (Å²) in [6, 6.07) is 3.06. The predicted octanol–water partition coefficient (Wildman–Crippen LogP) is 2.95. The summed E-state index contributed by atoms with van der Waals surface area (Å²) in [5.74, 6) is 0.496. The van der Waals surface area contributed by atoms with Crippen LogP contribution in [-0.4, -0.2) is 26.1 Å². The van der Waals surface area contributed by atoms with Crippen LogP contribution in [0.2, 0.25) is 0 Å². The Balaban J connectivity index is 1.65. The number of nitrogens with zero attached hydrogens (tertiary/aromatic N) is 3. The minimum absolute atomic E-state index is 0.148. The molecule has 1 atom stereocenters. The number of carbonyl (C=O) groups is 1. The Hall–Kier alpha value is -2.57. The Morgan fingerprint density at radius 3 is 2.73 bits per heavy atom. The van der Waals surface area contributed by atoms with Gasteiger partial charge in [0.25, 0.3) is 5.56 Å². The molecule has 7 heteroatoms. The van der Waals surface area contributed by atoms with Crippen molar-refractivity contribution in [3.8, 4) is 0 Å². The number of hydrogen-bond acceptors (Lipinski definition) is 4. The van der Waals surface area contributed by atoms with Crippen LogP contribution in [0.25, 0.3) is 16.6 Å².